The number of hydrogen-bond donors (Lipinski definition) is 2. The molecule has 0 atom stereocenters. The van der Waals surface area contributed by atoms with Crippen molar-refractivity contribution < 1.29 is 0 Å². The second kappa shape index (κ2) is 4.92. The number of aromatic nitrogens is 4. The fourth-order valence-electron chi connectivity index (χ4n) is 1.22. The van der Waals surface area contributed by atoms with Gasteiger partial charge in [-0.1, -0.05) is 11.6 Å². The van der Waals surface area contributed by atoms with Gasteiger partial charge in [0.15, 0.2) is 0 Å². The minimum Gasteiger partial charge on any atom is -0.368 e. The van der Waals surface area contributed by atoms with Crippen LogP contribution in [0.4, 0.5) is 11.8 Å². The van der Waals surface area contributed by atoms with E-state index in [1.54, 1.807) is 18.5 Å². The summed E-state index contributed by atoms with van der Waals surface area (Å²) in [6.45, 7) is 2.38. The van der Waals surface area contributed by atoms with Crippen molar-refractivity contribution in [3.8, 4) is 0 Å². The summed E-state index contributed by atoms with van der Waals surface area (Å²) in [7, 11) is 0. The first-order valence-corrected chi connectivity index (χ1v) is 5.33. The molecule has 88 valence electrons. The highest BCUT2D eigenvalue weighted by atomic mass is 35.5. The van der Waals surface area contributed by atoms with E-state index < -0.39 is 0 Å². The topological polar surface area (TPSA) is 89.6 Å². The van der Waals surface area contributed by atoms with Crippen molar-refractivity contribution in [3.63, 3.8) is 0 Å². The van der Waals surface area contributed by atoms with Gasteiger partial charge in [-0.3, -0.25) is 9.97 Å². The third-order valence-electron chi connectivity index (χ3n) is 2.00. The third kappa shape index (κ3) is 3.25. The van der Waals surface area contributed by atoms with E-state index in [2.05, 4.69) is 25.3 Å². The Morgan fingerprint density at radius 3 is 2.76 bits per heavy atom. The molecule has 0 saturated carbocycles. The Hall–Kier alpha value is -1.95. The molecule has 0 amide bonds. The van der Waals surface area contributed by atoms with Crippen LogP contribution in [0.15, 0.2) is 18.5 Å². The summed E-state index contributed by atoms with van der Waals surface area (Å²) >= 11 is 5.75. The average Bonchev–Trinajstić information content (AvgIpc) is 2.27. The molecule has 0 unspecified atom stereocenters. The highest BCUT2D eigenvalue weighted by molar-refractivity contribution is 6.29. The van der Waals surface area contributed by atoms with E-state index in [0.29, 0.717) is 17.5 Å². The molecule has 2 aromatic rings. The van der Waals surface area contributed by atoms with Crippen LogP contribution >= 0.6 is 11.6 Å². The van der Waals surface area contributed by atoms with E-state index >= 15 is 0 Å². The second-order valence-corrected chi connectivity index (χ2v) is 3.82. The number of rotatable bonds is 3. The molecule has 2 heterocycles. The number of aryl methyl sites for hydroxylation is 1. The monoisotopic (exact) mass is 250 g/mol. The van der Waals surface area contributed by atoms with Gasteiger partial charge in [-0.05, 0) is 6.92 Å². The largest absolute Gasteiger partial charge is 0.368 e. The summed E-state index contributed by atoms with van der Waals surface area (Å²) in [4.78, 5) is 16.1. The molecule has 7 heteroatoms. The highest BCUT2D eigenvalue weighted by Gasteiger charge is 2.01. The van der Waals surface area contributed by atoms with E-state index in [4.69, 9.17) is 17.3 Å². The van der Waals surface area contributed by atoms with Gasteiger partial charge in [-0.2, -0.15) is 4.98 Å². The lowest BCUT2D eigenvalue weighted by Gasteiger charge is -2.05. The number of hydrogen-bond acceptors (Lipinski definition) is 6. The van der Waals surface area contributed by atoms with E-state index in [0.717, 1.165) is 11.4 Å². The number of anilines is 2. The Labute approximate surface area is 103 Å². The SMILES string of the molecule is Cc1cnc(CNc2cc(Cl)nc(N)n2)cn1. The van der Waals surface area contributed by atoms with Crippen LogP contribution < -0.4 is 11.1 Å². The maximum absolute atomic E-state index is 5.75. The Bertz CT molecular complexity index is 492. The van der Waals surface area contributed by atoms with Gasteiger partial charge in [0.1, 0.15) is 11.0 Å². The van der Waals surface area contributed by atoms with Gasteiger partial charge in [-0.15, -0.1) is 0 Å². The summed E-state index contributed by atoms with van der Waals surface area (Å²) in [6, 6.07) is 1.60. The Kier molecular flexibility index (Phi) is 3.34. The van der Waals surface area contributed by atoms with Crippen LogP contribution in [0.25, 0.3) is 0 Å². The Morgan fingerprint density at radius 1 is 1.29 bits per heavy atom. The Morgan fingerprint density at radius 2 is 2.12 bits per heavy atom. The summed E-state index contributed by atoms with van der Waals surface area (Å²) < 4.78 is 0. The zero-order valence-corrected chi connectivity index (χ0v) is 9.94. The molecule has 6 nitrogen and oxygen atoms in total. The molecule has 0 saturated heterocycles. The van der Waals surface area contributed by atoms with Crippen molar-refractivity contribution in [1.29, 1.82) is 0 Å². The van der Waals surface area contributed by atoms with Crippen LogP contribution in [0, 0.1) is 6.92 Å². The van der Waals surface area contributed by atoms with Crippen LogP contribution in [0.5, 0.6) is 0 Å². The summed E-state index contributed by atoms with van der Waals surface area (Å²) in [5.74, 6) is 0.694. The molecule has 0 bridgehead atoms. The minimum atomic E-state index is 0.134. The second-order valence-electron chi connectivity index (χ2n) is 3.44. The molecular weight excluding hydrogens is 240 g/mol. The van der Waals surface area contributed by atoms with Crippen LogP contribution in [0.2, 0.25) is 5.15 Å². The molecule has 0 aromatic carbocycles. The average molecular weight is 251 g/mol. The number of nitrogens with one attached hydrogen (secondary N) is 1. The zero-order valence-electron chi connectivity index (χ0n) is 9.18. The summed E-state index contributed by atoms with van der Waals surface area (Å²) in [5.41, 5.74) is 7.16. The van der Waals surface area contributed by atoms with E-state index in [1.165, 1.54) is 0 Å². The first kappa shape index (κ1) is 11.5. The first-order chi connectivity index (χ1) is 8.13. The summed E-state index contributed by atoms with van der Waals surface area (Å²) in [5, 5.41) is 3.34. The molecule has 0 fully saturated rings. The molecule has 2 aromatic heterocycles. The van der Waals surface area contributed by atoms with Gasteiger partial charge in [0.05, 0.1) is 24.1 Å². The lowest BCUT2D eigenvalue weighted by Crippen LogP contribution is -2.06. The van der Waals surface area contributed by atoms with Crippen LogP contribution in [-0.4, -0.2) is 19.9 Å². The lowest BCUT2D eigenvalue weighted by atomic mass is 10.4. The van der Waals surface area contributed by atoms with Crippen LogP contribution in [0.3, 0.4) is 0 Å². The first-order valence-electron chi connectivity index (χ1n) is 4.95. The molecule has 0 spiro atoms. The molecule has 0 aliphatic heterocycles. The highest BCUT2D eigenvalue weighted by Crippen LogP contribution is 2.12. The Balaban J connectivity index is 2.04. The standard InChI is InChI=1S/C10H11ClN6/c1-6-3-14-7(4-13-6)5-15-9-2-8(11)16-10(12)17-9/h2-4H,5H2,1H3,(H3,12,15,16,17). The molecule has 0 radical (unpaired) electrons. The van der Waals surface area contributed by atoms with Gasteiger partial charge in [0, 0.05) is 12.3 Å². The summed E-state index contributed by atoms with van der Waals surface area (Å²) in [6.07, 6.45) is 3.41. The van der Waals surface area contributed by atoms with Crippen molar-refractivity contribution in [2.75, 3.05) is 11.1 Å². The van der Waals surface area contributed by atoms with Gasteiger partial charge in [-0.25, -0.2) is 4.98 Å². The van der Waals surface area contributed by atoms with Gasteiger partial charge in [0.25, 0.3) is 0 Å². The van der Waals surface area contributed by atoms with Crippen molar-refractivity contribution in [2.45, 2.75) is 13.5 Å². The van der Waals surface area contributed by atoms with E-state index in [1.807, 2.05) is 6.92 Å². The van der Waals surface area contributed by atoms with Gasteiger partial charge in [0.2, 0.25) is 5.95 Å². The minimum absolute atomic E-state index is 0.134. The predicted octanol–water partition coefficient (Wildman–Crippen LogP) is 1.42. The van der Waals surface area contributed by atoms with Crippen molar-refractivity contribution in [2.24, 2.45) is 0 Å². The van der Waals surface area contributed by atoms with E-state index in [-0.39, 0.29) is 5.95 Å². The van der Waals surface area contributed by atoms with Gasteiger partial charge >= 0.3 is 0 Å². The lowest BCUT2D eigenvalue weighted by molar-refractivity contribution is 0.974. The fourth-order valence-corrected chi connectivity index (χ4v) is 1.41. The zero-order chi connectivity index (χ0) is 12.3. The molecule has 2 rings (SSSR count). The number of nitrogens with zero attached hydrogens (tertiary/aromatic N) is 4. The van der Waals surface area contributed by atoms with Gasteiger partial charge < -0.3 is 11.1 Å². The van der Waals surface area contributed by atoms with Crippen LogP contribution in [-0.2, 0) is 6.54 Å². The van der Waals surface area contributed by atoms with Crippen molar-refractivity contribution in [3.05, 3.63) is 35.0 Å². The molecule has 3 N–H and O–H groups in total. The van der Waals surface area contributed by atoms with Crippen LogP contribution in [0.1, 0.15) is 11.4 Å². The molecule has 17 heavy (non-hydrogen) atoms. The smallest absolute Gasteiger partial charge is 0.223 e. The number of nitrogen functional groups attached to an aromatic ring is 1. The molecular formula is C10H11ClN6. The number of halogens is 1. The fraction of sp³-hybridized carbons (Fsp3) is 0.200. The van der Waals surface area contributed by atoms with Crippen molar-refractivity contribution >= 4 is 23.4 Å². The predicted molar refractivity (Wildman–Crippen MR) is 65.6 cm³/mol. The van der Waals surface area contributed by atoms with Crippen molar-refractivity contribution in [1.82, 2.24) is 19.9 Å². The number of nitrogens with two attached hydrogens (primary N) is 1. The maximum atomic E-state index is 5.75. The molecule has 0 aliphatic carbocycles. The maximum Gasteiger partial charge on any atom is 0.223 e. The van der Waals surface area contributed by atoms with E-state index in [9.17, 15) is 0 Å². The molecule has 0 aliphatic rings. The normalized spacial score (nSPS) is 10.2. The quantitative estimate of drug-likeness (QED) is 0.801. The third-order valence-corrected chi connectivity index (χ3v) is 2.19.